The van der Waals surface area contributed by atoms with Gasteiger partial charge in [0.2, 0.25) is 0 Å². The monoisotopic (exact) mass is 356 g/mol. The topological polar surface area (TPSA) is 75.3 Å². The number of amides is 2. The minimum atomic E-state index is -3.20. The van der Waals surface area contributed by atoms with Crippen molar-refractivity contribution in [1.82, 2.24) is 5.32 Å². The third kappa shape index (κ3) is 3.91. The van der Waals surface area contributed by atoms with Crippen LogP contribution in [0.15, 0.2) is 18.2 Å². The van der Waals surface area contributed by atoms with E-state index in [4.69, 9.17) is 34.8 Å². The molecule has 0 aliphatic carbocycles. The number of hydrogen-bond donors (Lipinski definition) is 2. The average Bonchev–Trinajstić information content (AvgIpc) is 2.57. The molecule has 2 amide bonds. The summed E-state index contributed by atoms with van der Waals surface area (Å²) >= 11 is 17.6. The van der Waals surface area contributed by atoms with Crippen LogP contribution in [0, 0.1) is 0 Å². The van der Waals surface area contributed by atoms with Gasteiger partial charge in [-0.25, -0.2) is 13.2 Å². The van der Waals surface area contributed by atoms with Crippen LogP contribution in [0.1, 0.15) is 0 Å². The van der Waals surface area contributed by atoms with Crippen LogP contribution in [0.5, 0.6) is 0 Å². The molecule has 9 heteroatoms. The molecule has 2 atom stereocenters. The number of benzene rings is 1. The summed E-state index contributed by atoms with van der Waals surface area (Å²) in [7, 11) is -3.20. The normalized spacial score (nSPS) is 24.4. The Bertz CT molecular complexity index is 636. The first kappa shape index (κ1) is 15.7. The molecule has 1 fully saturated rings. The second kappa shape index (κ2) is 5.97. The predicted molar refractivity (Wildman–Crippen MR) is 80.7 cm³/mol. The highest BCUT2D eigenvalue weighted by Crippen LogP contribution is 2.25. The van der Waals surface area contributed by atoms with Crippen molar-refractivity contribution in [3.05, 3.63) is 28.2 Å². The second-order valence-corrected chi connectivity index (χ2v) is 7.98. The van der Waals surface area contributed by atoms with E-state index in [2.05, 4.69) is 10.6 Å². The largest absolute Gasteiger partial charge is 0.333 e. The molecule has 0 bridgehead atoms. The standard InChI is InChI=1S/C11H11Cl3N2O3S/c12-6-1-2-7(13)9(3-6)15-11(17)16-10-5-20(18,19)4-8(10)14/h1-3,8,10H,4-5H2,(H2,15,16,17). The number of carbonyl (C=O) groups is 1. The van der Waals surface area contributed by atoms with E-state index in [0.29, 0.717) is 15.7 Å². The maximum absolute atomic E-state index is 11.8. The minimum absolute atomic E-state index is 0.141. The highest BCUT2D eigenvalue weighted by atomic mass is 35.5. The SMILES string of the molecule is O=C(Nc1cc(Cl)ccc1Cl)NC1CS(=O)(=O)CC1Cl. The summed E-state index contributed by atoms with van der Waals surface area (Å²) in [6.07, 6.45) is 0. The lowest BCUT2D eigenvalue weighted by atomic mass is 10.2. The van der Waals surface area contributed by atoms with Crippen molar-refractivity contribution in [2.75, 3.05) is 16.8 Å². The smallest absolute Gasteiger partial charge is 0.319 e. The molecule has 110 valence electrons. The Hall–Kier alpha value is -0.690. The van der Waals surface area contributed by atoms with Gasteiger partial charge in [-0.2, -0.15) is 0 Å². The summed E-state index contributed by atoms with van der Waals surface area (Å²) in [6.45, 7) is 0. The Morgan fingerprint density at radius 2 is 1.95 bits per heavy atom. The summed E-state index contributed by atoms with van der Waals surface area (Å²) in [5.41, 5.74) is 0.337. The zero-order chi connectivity index (χ0) is 14.9. The Morgan fingerprint density at radius 1 is 1.25 bits per heavy atom. The van der Waals surface area contributed by atoms with Crippen LogP contribution in [0.2, 0.25) is 10.0 Å². The van der Waals surface area contributed by atoms with Crippen molar-refractivity contribution in [2.24, 2.45) is 0 Å². The molecule has 0 saturated carbocycles. The van der Waals surface area contributed by atoms with Gasteiger partial charge in [-0.15, -0.1) is 11.6 Å². The number of urea groups is 1. The number of sulfone groups is 1. The molecule has 1 aliphatic heterocycles. The van der Waals surface area contributed by atoms with E-state index >= 15 is 0 Å². The van der Waals surface area contributed by atoms with Crippen molar-refractivity contribution >= 4 is 56.4 Å². The van der Waals surface area contributed by atoms with Crippen LogP contribution in [0.25, 0.3) is 0 Å². The van der Waals surface area contributed by atoms with Gasteiger partial charge in [0.15, 0.2) is 9.84 Å². The molecular weight excluding hydrogens is 347 g/mol. The van der Waals surface area contributed by atoms with Crippen LogP contribution >= 0.6 is 34.8 Å². The maximum Gasteiger partial charge on any atom is 0.319 e. The lowest BCUT2D eigenvalue weighted by Crippen LogP contribution is -2.42. The van der Waals surface area contributed by atoms with Gasteiger partial charge < -0.3 is 10.6 Å². The summed E-state index contributed by atoms with van der Waals surface area (Å²) < 4.78 is 22.8. The van der Waals surface area contributed by atoms with Gasteiger partial charge in [0.1, 0.15) is 0 Å². The second-order valence-electron chi connectivity index (χ2n) is 4.42. The molecule has 1 saturated heterocycles. The first-order valence-electron chi connectivity index (χ1n) is 5.64. The van der Waals surface area contributed by atoms with Crippen molar-refractivity contribution in [1.29, 1.82) is 0 Å². The minimum Gasteiger partial charge on any atom is -0.333 e. The molecule has 2 N–H and O–H groups in total. The van der Waals surface area contributed by atoms with Crippen LogP contribution in [0.4, 0.5) is 10.5 Å². The van der Waals surface area contributed by atoms with Gasteiger partial charge >= 0.3 is 6.03 Å². The zero-order valence-electron chi connectivity index (χ0n) is 10.1. The van der Waals surface area contributed by atoms with Crippen molar-refractivity contribution < 1.29 is 13.2 Å². The number of anilines is 1. The molecule has 2 unspecified atom stereocenters. The number of halogens is 3. The van der Waals surface area contributed by atoms with Gasteiger partial charge in [-0.3, -0.25) is 0 Å². The van der Waals surface area contributed by atoms with Crippen LogP contribution < -0.4 is 10.6 Å². The summed E-state index contributed by atoms with van der Waals surface area (Å²) in [5.74, 6) is -0.310. The van der Waals surface area contributed by atoms with Gasteiger partial charge in [0, 0.05) is 5.02 Å². The van der Waals surface area contributed by atoms with Gasteiger partial charge in [0.25, 0.3) is 0 Å². The Labute approximate surface area is 131 Å². The number of hydrogen-bond acceptors (Lipinski definition) is 3. The molecule has 2 rings (SSSR count). The highest BCUT2D eigenvalue weighted by Gasteiger charge is 2.37. The predicted octanol–water partition coefficient (Wildman–Crippen LogP) is 2.52. The fraction of sp³-hybridized carbons (Fsp3) is 0.364. The molecule has 1 aromatic carbocycles. The van der Waals surface area contributed by atoms with Gasteiger partial charge in [-0.05, 0) is 18.2 Å². The number of carbonyl (C=O) groups excluding carboxylic acids is 1. The Balaban J connectivity index is 2.01. The lowest BCUT2D eigenvalue weighted by Gasteiger charge is -2.15. The molecule has 1 heterocycles. The zero-order valence-corrected chi connectivity index (χ0v) is 13.2. The van der Waals surface area contributed by atoms with Crippen LogP contribution in [0.3, 0.4) is 0 Å². The molecule has 0 spiro atoms. The number of rotatable bonds is 2. The van der Waals surface area contributed by atoms with E-state index in [0.717, 1.165) is 0 Å². The van der Waals surface area contributed by atoms with E-state index in [1.54, 1.807) is 12.1 Å². The molecule has 0 aromatic heterocycles. The van der Waals surface area contributed by atoms with Gasteiger partial charge in [0.05, 0.1) is 33.6 Å². The van der Waals surface area contributed by atoms with Crippen molar-refractivity contribution in [2.45, 2.75) is 11.4 Å². The quantitative estimate of drug-likeness (QED) is 0.799. The number of nitrogens with one attached hydrogen (secondary N) is 2. The maximum atomic E-state index is 11.8. The molecule has 20 heavy (non-hydrogen) atoms. The summed E-state index contributed by atoms with van der Waals surface area (Å²) in [5, 5.41) is 5.13. The molecular formula is C11H11Cl3N2O3S. The third-order valence-corrected chi connectivity index (χ3v) is 5.72. The van der Waals surface area contributed by atoms with Crippen molar-refractivity contribution in [3.8, 4) is 0 Å². The van der Waals surface area contributed by atoms with Crippen LogP contribution in [-0.4, -0.2) is 37.4 Å². The molecule has 5 nitrogen and oxygen atoms in total. The fourth-order valence-electron chi connectivity index (χ4n) is 1.86. The van der Waals surface area contributed by atoms with E-state index in [9.17, 15) is 13.2 Å². The third-order valence-electron chi connectivity index (χ3n) is 2.78. The first-order chi connectivity index (χ1) is 9.27. The Morgan fingerprint density at radius 3 is 2.55 bits per heavy atom. The van der Waals surface area contributed by atoms with E-state index in [1.165, 1.54) is 6.07 Å². The molecule has 1 aromatic rings. The van der Waals surface area contributed by atoms with Crippen LogP contribution in [-0.2, 0) is 9.84 Å². The summed E-state index contributed by atoms with van der Waals surface area (Å²) in [6, 6.07) is 3.42. The lowest BCUT2D eigenvalue weighted by molar-refractivity contribution is 0.249. The molecule has 0 radical (unpaired) electrons. The Kier molecular flexibility index (Phi) is 4.69. The molecule has 1 aliphatic rings. The fourth-order valence-corrected chi connectivity index (χ4v) is 4.74. The first-order valence-corrected chi connectivity index (χ1v) is 8.65. The van der Waals surface area contributed by atoms with Gasteiger partial charge in [-0.1, -0.05) is 23.2 Å². The number of alkyl halides is 1. The van der Waals surface area contributed by atoms with E-state index in [1.807, 2.05) is 0 Å². The van der Waals surface area contributed by atoms with E-state index < -0.39 is 27.3 Å². The van der Waals surface area contributed by atoms with Crippen molar-refractivity contribution in [3.63, 3.8) is 0 Å². The van der Waals surface area contributed by atoms with E-state index in [-0.39, 0.29) is 11.5 Å². The highest BCUT2D eigenvalue weighted by molar-refractivity contribution is 7.91. The average molecular weight is 358 g/mol. The summed E-state index contributed by atoms with van der Waals surface area (Å²) in [4.78, 5) is 11.8.